The molecule has 1 heteroatoms. The molecule has 0 saturated carbocycles. The fourth-order valence-electron chi connectivity index (χ4n) is 2.58. The van der Waals surface area contributed by atoms with Gasteiger partial charge in [0.1, 0.15) is 0 Å². The second kappa shape index (κ2) is 4.99. The van der Waals surface area contributed by atoms with Gasteiger partial charge in [-0.05, 0) is 53.7 Å². The molecule has 0 N–H and O–H groups in total. The molecule has 90 valence electrons. The first-order valence-electron chi connectivity index (χ1n) is 6.39. The number of hydrogen-bond acceptors (Lipinski definition) is 0. The summed E-state index contributed by atoms with van der Waals surface area (Å²) in [6, 6.07) is 16.8. The van der Waals surface area contributed by atoms with E-state index < -0.39 is 0 Å². The second-order valence-electron chi connectivity index (χ2n) is 4.68. The van der Waals surface area contributed by atoms with Crippen LogP contribution in [-0.2, 0) is 6.42 Å². The summed E-state index contributed by atoms with van der Waals surface area (Å²) < 4.78 is 0. The Labute approximate surface area is 113 Å². The van der Waals surface area contributed by atoms with Crippen LogP contribution < -0.4 is 0 Å². The Morgan fingerprint density at radius 3 is 2.72 bits per heavy atom. The van der Waals surface area contributed by atoms with E-state index in [0.717, 1.165) is 17.9 Å². The van der Waals surface area contributed by atoms with Gasteiger partial charge in [-0.25, -0.2) is 0 Å². The van der Waals surface area contributed by atoms with Crippen LogP contribution in [0.3, 0.4) is 0 Å². The van der Waals surface area contributed by atoms with E-state index in [1.165, 1.54) is 28.7 Å². The molecule has 2 aromatic carbocycles. The predicted octanol–water partition coefficient (Wildman–Crippen LogP) is 5.11. The van der Waals surface area contributed by atoms with E-state index in [1.807, 2.05) is 12.1 Å². The van der Waals surface area contributed by atoms with Crippen molar-refractivity contribution in [2.24, 2.45) is 0 Å². The first-order chi connectivity index (χ1) is 8.84. The molecule has 3 rings (SSSR count). The standard InChI is InChI=1S/C17H15Cl/c18-15-9-5-8-14(12-15)17-11-4-2-7-13-6-1-3-10-16(13)17/h1,3,5-6,8-12H,2,4,7H2. The van der Waals surface area contributed by atoms with Gasteiger partial charge in [0.05, 0.1) is 0 Å². The lowest BCUT2D eigenvalue weighted by molar-refractivity contribution is 0.851. The Morgan fingerprint density at radius 2 is 1.83 bits per heavy atom. The number of halogens is 1. The summed E-state index contributed by atoms with van der Waals surface area (Å²) in [4.78, 5) is 0. The summed E-state index contributed by atoms with van der Waals surface area (Å²) in [5.41, 5.74) is 5.35. The third-order valence-electron chi connectivity index (χ3n) is 3.44. The number of rotatable bonds is 1. The molecule has 0 bridgehead atoms. The van der Waals surface area contributed by atoms with E-state index in [2.05, 4.69) is 42.5 Å². The summed E-state index contributed by atoms with van der Waals surface area (Å²) in [7, 11) is 0. The fraction of sp³-hybridized carbons (Fsp3) is 0.176. The minimum atomic E-state index is 0.801. The van der Waals surface area contributed by atoms with E-state index in [9.17, 15) is 0 Å². The molecule has 18 heavy (non-hydrogen) atoms. The lowest BCUT2D eigenvalue weighted by atomic mass is 9.94. The van der Waals surface area contributed by atoms with Crippen molar-refractivity contribution in [2.45, 2.75) is 19.3 Å². The molecule has 0 nitrogen and oxygen atoms in total. The van der Waals surface area contributed by atoms with Crippen LogP contribution in [-0.4, -0.2) is 0 Å². The average molecular weight is 255 g/mol. The molecule has 0 aliphatic heterocycles. The average Bonchev–Trinajstić information content (AvgIpc) is 2.61. The maximum Gasteiger partial charge on any atom is 0.0412 e. The van der Waals surface area contributed by atoms with Crippen molar-refractivity contribution in [1.29, 1.82) is 0 Å². The Hall–Kier alpha value is -1.53. The molecule has 0 atom stereocenters. The molecule has 0 fully saturated rings. The monoisotopic (exact) mass is 254 g/mol. The zero-order valence-corrected chi connectivity index (χ0v) is 11.0. The third kappa shape index (κ3) is 2.21. The number of hydrogen-bond donors (Lipinski definition) is 0. The quantitative estimate of drug-likeness (QED) is 0.664. The van der Waals surface area contributed by atoms with Crippen LogP contribution in [0.5, 0.6) is 0 Å². The summed E-state index contributed by atoms with van der Waals surface area (Å²) in [6.45, 7) is 0. The Morgan fingerprint density at radius 1 is 0.944 bits per heavy atom. The minimum Gasteiger partial charge on any atom is -0.0843 e. The van der Waals surface area contributed by atoms with E-state index in [0.29, 0.717) is 0 Å². The molecule has 1 aliphatic carbocycles. The van der Waals surface area contributed by atoms with Crippen LogP contribution in [0.25, 0.3) is 5.57 Å². The summed E-state index contributed by atoms with van der Waals surface area (Å²) >= 11 is 6.10. The summed E-state index contributed by atoms with van der Waals surface area (Å²) in [5.74, 6) is 0. The molecule has 0 spiro atoms. The van der Waals surface area contributed by atoms with Crippen LogP contribution in [0.15, 0.2) is 54.6 Å². The predicted molar refractivity (Wildman–Crippen MR) is 77.9 cm³/mol. The van der Waals surface area contributed by atoms with E-state index in [4.69, 9.17) is 11.6 Å². The first kappa shape index (κ1) is 11.6. The first-order valence-corrected chi connectivity index (χ1v) is 6.77. The number of aryl methyl sites for hydroxylation is 1. The van der Waals surface area contributed by atoms with Gasteiger partial charge in [-0.15, -0.1) is 0 Å². The molecule has 2 aromatic rings. The highest BCUT2D eigenvalue weighted by Gasteiger charge is 2.12. The van der Waals surface area contributed by atoms with Gasteiger partial charge in [0.2, 0.25) is 0 Å². The third-order valence-corrected chi connectivity index (χ3v) is 3.68. The van der Waals surface area contributed by atoms with Crippen LogP contribution >= 0.6 is 11.6 Å². The van der Waals surface area contributed by atoms with Crippen LogP contribution in [0, 0.1) is 0 Å². The lowest BCUT2D eigenvalue weighted by Crippen LogP contribution is -1.92. The molecule has 0 amide bonds. The van der Waals surface area contributed by atoms with Gasteiger partial charge in [-0.2, -0.15) is 0 Å². The smallest absolute Gasteiger partial charge is 0.0412 e. The summed E-state index contributed by atoms with van der Waals surface area (Å²) in [5, 5.41) is 0.801. The number of allylic oxidation sites excluding steroid dienone is 1. The summed E-state index contributed by atoms with van der Waals surface area (Å²) in [6.07, 6.45) is 5.87. The Balaban J connectivity index is 2.14. The van der Waals surface area contributed by atoms with Gasteiger partial charge in [0, 0.05) is 5.02 Å². The molecule has 1 aliphatic rings. The van der Waals surface area contributed by atoms with Gasteiger partial charge in [0.15, 0.2) is 0 Å². The number of fused-ring (bicyclic) bond motifs is 1. The van der Waals surface area contributed by atoms with Gasteiger partial charge >= 0.3 is 0 Å². The zero-order valence-electron chi connectivity index (χ0n) is 10.2. The largest absolute Gasteiger partial charge is 0.0843 e. The topological polar surface area (TPSA) is 0 Å². The normalized spacial score (nSPS) is 14.6. The highest BCUT2D eigenvalue weighted by molar-refractivity contribution is 6.30. The van der Waals surface area contributed by atoms with Crippen LogP contribution in [0.4, 0.5) is 0 Å². The minimum absolute atomic E-state index is 0.801. The second-order valence-corrected chi connectivity index (χ2v) is 5.11. The van der Waals surface area contributed by atoms with E-state index >= 15 is 0 Å². The van der Waals surface area contributed by atoms with Crippen molar-refractivity contribution in [3.05, 3.63) is 76.3 Å². The van der Waals surface area contributed by atoms with Crippen molar-refractivity contribution >= 4 is 17.2 Å². The molecule has 0 unspecified atom stereocenters. The SMILES string of the molecule is Clc1cccc(C2=CCCCc3ccccc32)c1. The van der Waals surface area contributed by atoms with Crippen molar-refractivity contribution in [3.8, 4) is 0 Å². The Kier molecular flexibility index (Phi) is 3.21. The van der Waals surface area contributed by atoms with Gasteiger partial charge in [-0.3, -0.25) is 0 Å². The van der Waals surface area contributed by atoms with Gasteiger partial charge in [-0.1, -0.05) is 54.1 Å². The Bertz CT molecular complexity index is 596. The lowest BCUT2D eigenvalue weighted by Gasteiger charge is -2.11. The van der Waals surface area contributed by atoms with Crippen LogP contribution in [0.2, 0.25) is 5.02 Å². The highest BCUT2D eigenvalue weighted by atomic mass is 35.5. The van der Waals surface area contributed by atoms with E-state index in [-0.39, 0.29) is 0 Å². The van der Waals surface area contributed by atoms with Gasteiger partial charge < -0.3 is 0 Å². The van der Waals surface area contributed by atoms with Crippen molar-refractivity contribution < 1.29 is 0 Å². The molecule has 0 aromatic heterocycles. The molecule has 0 saturated heterocycles. The molecule has 0 heterocycles. The molecular formula is C17H15Cl. The van der Waals surface area contributed by atoms with Crippen molar-refractivity contribution in [3.63, 3.8) is 0 Å². The molecular weight excluding hydrogens is 240 g/mol. The van der Waals surface area contributed by atoms with Crippen molar-refractivity contribution in [2.75, 3.05) is 0 Å². The number of benzene rings is 2. The van der Waals surface area contributed by atoms with Gasteiger partial charge in [0.25, 0.3) is 0 Å². The van der Waals surface area contributed by atoms with Crippen molar-refractivity contribution in [1.82, 2.24) is 0 Å². The maximum atomic E-state index is 6.10. The maximum absolute atomic E-state index is 6.10. The van der Waals surface area contributed by atoms with Crippen LogP contribution in [0.1, 0.15) is 29.5 Å². The highest BCUT2D eigenvalue weighted by Crippen LogP contribution is 2.31. The van der Waals surface area contributed by atoms with E-state index in [1.54, 1.807) is 0 Å². The molecule has 0 radical (unpaired) electrons. The fourth-order valence-corrected chi connectivity index (χ4v) is 2.77. The zero-order chi connectivity index (χ0) is 12.4.